The predicted molar refractivity (Wildman–Crippen MR) is 89.6 cm³/mol. The molecule has 1 fully saturated rings. The van der Waals surface area contributed by atoms with Crippen LogP contribution in [0.15, 0.2) is 17.5 Å². The zero-order chi connectivity index (χ0) is 15.5. The second kappa shape index (κ2) is 6.93. The van der Waals surface area contributed by atoms with Crippen molar-refractivity contribution < 1.29 is 4.79 Å². The smallest absolute Gasteiger partial charge is 0.228 e. The Morgan fingerprint density at radius 1 is 1.57 bits per heavy atom. The van der Waals surface area contributed by atoms with Gasteiger partial charge in [0.15, 0.2) is 0 Å². The summed E-state index contributed by atoms with van der Waals surface area (Å²) in [5.41, 5.74) is -0.286. The van der Waals surface area contributed by atoms with Crippen molar-refractivity contribution in [3.63, 3.8) is 0 Å². The topological polar surface area (TPSA) is 32.3 Å². The highest BCUT2D eigenvalue weighted by atomic mass is 32.1. The summed E-state index contributed by atoms with van der Waals surface area (Å²) in [4.78, 5) is 16.2. The average molecular weight is 308 g/mol. The van der Waals surface area contributed by atoms with Crippen LogP contribution < -0.4 is 5.32 Å². The molecule has 21 heavy (non-hydrogen) atoms. The van der Waals surface area contributed by atoms with E-state index in [9.17, 15) is 4.79 Å². The molecule has 2 rings (SSSR count). The summed E-state index contributed by atoms with van der Waals surface area (Å²) in [5.74, 6) is 0.718. The summed E-state index contributed by atoms with van der Waals surface area (Å²) in [7, 11) is 1.96. The Morgan fingerprint density at radius 2 is 2.33 bits per heavy atom. The van der Waals surface area contributed by atoms with Crippen LogP contribution in [-0.2, 0) is 11.2 Å². The first-order chi connectivity index (χ1) is 9.93. The van der Waals surface area contributed by atoms with Gasteiger partial charge in [-0.3, -0.25) is 4.79 Å². The van der Waals surface area contributed by atoms with Gasteiger partial charge in [0.1, 0.15) is 0 Å². The second-order valence-corrected chi connectivity index (χ2v) is 7.85. The van der Waals surface area contributed by atoms with Crippen LogP contribution in [0.4, 0.5) is 0 Å². The lowest BCUT2D eigenvalue weighted by Crippen LogP contribution is -2.50. The lowest BCUT2D eigenvalue weighted by Gasteiger charge is -2.40. The Kier molecular flexibility index (Phi) is 5.44. The monoisotopic (exact) mass is 308 g/mol. The van der Waals surface area contributed by atoms with Gasteiger partial charge in [-0.15, -0.1) is 11.3 Å². The highest BCUT2D eigenvalue weighted by Gasteiger charge is 2.39. The fourth-order valence-electron chi connectivity index (χ4n) is 3.15. The Morgan fingerprint density at radius 3 is 2.90 bits per heavy atom. The zero-order valence-corrected chi connectivity index (χ0v) is 14.5. The summed E-state index contributed by atoms with van der Waals surface area (Å²) in [6, 6.07) is 4.47. The van der Waals surface area contributed by atoms with Crippen LogP contribution in [0.1, 0.15) is 38.5 Å². The van der Waals surface area contributed by atoms with Gasteiger partial charge in [-0.25, -0.2) is 0 Å². The van der Waals surface area contributed by atoms with E-state index >= 15 is 0 Å². The molecule has 2 atom stereocenters. The molecule has 4 heteroatoms. The maximum Gasteiger partial charge on any atom is 0.228 e. The van der Waals surface area contributed by atoms with Crippen molar-refractivity contribution in [3.8, 4) is 0 Å². The lowest BCUT2D eigenvalue weighted by atomic mass is 9.74. The van der Waals surface area contributed by atoms with E-state index in [-0.39, 0.29) is 17.4 Å². The standard InChI is InChI=1S/C17H28N2OS/c1-13(11-15-8-6-10-21-15)19(4)16(20)17(2,3)14-7-5-9-18-12-14/h6,8,10,13-14,18H,5,7,9,11-12H2,1-4H3. The van der Waals surface area contributed by atoms with Gasteiger partial charge in [0.2, 0.25) is 5.91 Å². The van der Waals surface area contributed by atoms with Gasteiger partial charge in [0.25, 0.3) is 0 Å². The highest BCUT2D eigenvalue weighted by molar-refractivity contribution is 7.09. The summed E-state index contributed by atoms with van der Waals surface area (Å²) in [5, 5.41) is 5.53. The van der Waals surface area contributed by atoms with Crippen molar-refractivity contribution in [3.05, 3.63) is 22.4 Å². The molecule has 1 amide bonds. The Hall–Kier alpha value is -0.870. The van der Waals surface area contributed by atoms with Crippen LogP contribution in [0.3, 0.4) is 0 Å². The Labute approximate surface area is 132 Å². The molecule has 2 unspecified atom stereocenters. The van der Waals surface area contributed by atoms with Gasteiger partial charge in [-0.1, -0.05) is 19.9 Å². The van der Waals surface area contributed by atoms with E-state index in [4.69, 9.17) is 0 Å². The zero-order valence-electron chi connectivity index (χ0n) is 13.7. The predicted octanol–water partition coefficient (Wildman–Crippen LogP) is 3.16. The molecule has 118 valence electrons. The molecule has 0 radical (unpaired) electrons. The molecule has 0 bridgehead atoms. The van der Waals surface area contributed by atoms with Crippen molar-refractivity contribution in [1.82, 2.24) is 10.2 Å². The fourth-order valence-corrected chi connectivity index (χ4v) is 3.98. The van der Waals surface area contributed by atoms with Crippen LogP contribution in [0.5, 0.6) is 0 Å². The molecule has 0 aromatic carbocycles. The minimum atomic E-state index is -0.286. The number of hydrogen-bond donors (Lipinski definition) is 1. The molecule has 2 heterocycles. The number of likely N-dealkylation sites (N-methyl/N-ethyl adjacent to an activating group) is 1. The van der Waals surface area contributed by atoms with Gasteiger partial charge in [0, 0.05) is 29.8 Å². The van der Waals surface area contributed by atoms with E-state index in [1.807, 2.05) is 11.9 Å². The van der Waals surface area contributed by atoms with Crippen molar-refractivity contribution in [2.24, 2.45) is 11.3 Å². The number of thiophene rings is 1. The number of nitrogens with one attached hydrogen (secondary N) is 1. The maximum absolute atomic E-state index is 12.9. The molecule has 0 spiro atoms. The summed E-state index contributed by atoms with van der Waals surface area (Å²) in [6.45, 7) is 8.42. The molecule has 1 saturated heterocycles. The molecule has 3 nitrogen and oxygen atoms in total. The lowest BCUT2D eigenvalue weighted by molar-refractivity contribution is -0.144. The molecule has 1 aromatic rings. The van der Waals surface area contributed by atoms with E-state index < -0.39 is 0 Å². The van der Waals surface area contributed by atoms with E-state index in [2.05, 4.69) is 43.6 Å². The molecule has 0 saturated carbocycles. The molecular formula is C17H28N2OS. The van der Waals surface area contributed by atoms with Gasteiger partial charge >= 0.3 is 0 Å². The number of nitrogens with zero attached hydrogens (tertiary/aromatic N) is 1. The van der Waals surface area contributed by atoms with Crippen LogP contribution >= 0.6 is 11.3 Å². The van der Waals surface area contributed by atoms with E-state index in [1.54, 1.807) is 11.3 Å². The number of rotatable bonds is 5. The highest BCUT2D eigenvalue weighted by Crippen LogP contribution is 2.34. The normalized spacial score (nSPS) is 21.0. The second-order valence-electron chi connectivity index (χ2n) is 6.81. The number of carbonyl (C=O) groups excluding carboxylic acids is 1. The number of amides is 1. The Bertz CT molecular complexity index is 449. The van der Waals surface area contributed by atoms with Crippen molar-refractivity contribution in [2.45, 2.75) is 46.1 Å². The number of hydrogen-bond acceptors (Lipinski definition) is 3. The van der Waals surface area contributed by atoms with Crippen LogP contribution in [-0.4, -0.2) is 37.0 Å². The number of carbonyl (C=O) groups is 1. The molecule has 1 aliphatic heterocycles. The van der Waals surface area contributed by atoms with Crippen molar-refractivity contribution in [2.75, 3.05) is 20.1 Å². The van der Waals surface area contributed by atoms with Crippen LogP contribution in [0.2, 0.25) is 0 Å². The molecule has 1 aliphatic rings. The largest absolute Gasteiger partial charge is 0.342 e. The SMILES string of the molecule is CC(Cc1cccs1)N(C)C(=O)C(C)(C)C1CCCNC1. The van der Waals surface area contributed by atoms with Crippen molar-refractivity contribution >= 4 is 17.2 Å². The third-order valence-corrected chi connectivity index (χ3v) is 5.83. The third-order valence-electron chi connectivity index (χ3n) is 4.93. The first kappa shape index (κ1) is 16.5. The minimum absolute atomic E-state index is 0.243. The van der Waals surface area contributed by atoms with Gasteiger partial charge in [-0.05, 0) is 50.2 Å². The number of piperidine rings is 1. The van der Waals surface area contributed by atoms with Gasteiger partial charge in [0.05, 0.1) is 0 Å². The summed E-state index contributed by atoms with van der Waals surface area (Å²) >= 11 is 1.77. The fraction of sp³-hybridized carbons (Fsp3) is 0.706. The third kappa shape index (κ3) is 3.86. The molecular weight excluding hydrogens is 280 g/mol. The van der Waals surface area contributed by atoms with E-state index in [0.717, 1.165) is 25.9 Å². The van der Waals surface area contributed by atoms with Crippen LogP contribution in [0, 0.1) is 11.3 Å². The molecule has 1 aromatic heterocycles. The van der Waals surface area contributed by atoms with Gasteiger partial charge in [-0.2, -0.15) is 0 Å². The van der Waals surface area contributed by atoms with Gasteiger partial charge < -0.3 is 10.2 Å². The molecule has 1 N–H and O–H groups in total. The quantitative estimate of drug-likeness (QED) is 0.906. The summed E-state index contributed by atoms with van der Waals surface area (Å²) in [6.07, 6.45) is 3.27. The van der Waals surface area contributed by atoms with Crippen LogP contribution in [0.25, 0.3) is 0 Å². The van der Waals surface area contributed by atoms with Crippen molar-refractivity contribution in [1.29, 1.82) is 0 Å². The Balaban J connectivity index is 1.99. The first-order valence-corrected chi connectivity index (χ1v) is 8.81. The van der Waals surface area contributed by atoms with E-state index in [0.29, 0.717) is 5.92 Å². The minimum Gasteiger partial charge on any atom is -0.342 e. The van der Waals surface area contributed by atoms with E-state index in [1.165, 1.54) is 11.3 Å². The first-order valence-electron chi connectivity index (χ1n) is 7.93. The average Bonchev–Trinajstić information content (AvgIpc) is 2.99. The maximum atomic E-state index is 12.9. The summed E-state index contributed by atoms with van der Waals surface area (Å²) < 4.78 is 0. The molecule has 0 aliphatic carbocycles.